The van der Waals surface area contributed by atoms with Gasteiger partial charge in [-0.05, 0) is 60.9 Å². The van der Waals surface area contributed by atoms with Crippen LogP contribution in [0.1, 0.15) is 28.4 Å². The summed E-state index contributed by atoms with van der Waals surface area (Å²) in [5.41, 5.74) is 4.61. The van der Waals surface area contributed by atoms with Crippen molar-refractivity contribution in [2.75, 3.05) is 16.0 Å². The topological polar surface area (TPSA) is 70.2 Å². The van der Waals surface area contributed by atoms with Crippen LogP contribution in [0.4, 0.5) is 21.9 Å². The lowest BCUT2D eigenvalue weighted by Gasteiger charge is -2.13. The van der Waals surface area contributed by atoms with E-state index >= 15 is 0 Å². The second-order valence-electron chi connectivity index (χ2n) is 6.48. The zero-order valence-corrected chi connectivity index (χ0v) is 16.0. The van der Waals surface area contributed by atoms with Gasteiger partial charge in [-0.2, -0.15) is 0 Å². The molecule has 142 valence electrons. The van der Waals surface area contributed by atoms with Crippen molar-refractivity contribution in [2.45, 2.75) is 20.3 Å². The summed E-state index contributed by atoms with van der Waals surface area (Å²) >= 11 is 0. The molecule has 0 atom stereocenters. The maximum absolute atomic E-state index is 12.4. The third-order valence-corrected chi connectivity index (χ3v) is 4.37. The first-order valence-electron chi connectivity index (χ1n) is 9.19. The molecule has 28 heavy (non-hydrogen) atoms. The normalized spacial score (nSPS) is 10.2. The molecule has 0 saturated heterocycles. The molecule has 5 heteroatoms. The molecule has 5 nitrogen and oxygen atoms in total. The SMILES string of the molecule is CCc1cccc(NC(=O)Nc2cc(NC(=O)c3ccccc3)ccc2C)c1. The fourth-order valence-corrected chi connectivity index (χ4v) is 2.78. The number of hydrogen-bond donors (Lipinski definition) is 3. The van der Waals surface area contributed by atoms with Crippen molar-refractivity contribution in [3.8, 4) is 0 Å². The average molecular weight is 373 g/mol. The molecule has 0 heterocycles. The molecule has 3 aromatic rings. The second-order valence-corrected chi connectivity index (χ2v) is 6.48. The maximum Gasteiger partial charge on any atom is 0.323 e. The molecule has 3 aromatic carbocycles. The first kappa shape index (κ1) is 19.2. The average Bonchev–Trinajstić information content (AvgIpc) is 2.71. The Hall–Kier alpha value is -3.60. The van der Waals surface area contributed by atoms with Crippen LogP contribution in [-0.2, 0) is 6.42 Å². The summed E-state index contributed by atoms with van der Waals surface area (Å²) in [4.78, 5) is 24.7. The van der Waals surface area contributed by atoms with Crippen LogP contribution in [0.5, 0.6) is 0 Å². The lowest BCUT2D eigenvalue weighted by molar-refractivity contribution is 0.102. The van der Waals surface area contributed by atoms with Gasteiger partial charge < -0.3 is 16.0 Å². The summed E-state index contributed by atoms with van der Waals surface area (Å²) in [6.45, 7) is 3.97. The van der Waals surface area contributed by atoms with Crippen molar-refractivity contribution in [1.82, 2.24) is 0 Å². The number of anilines is 3. The first-order valence-corrected chi connectivity index (χ1v) is 9.19. The molecule has 0 unspecified atom stereocenters. The minimum Gasteiger partial charge on any atom is -0.322 e. The van der Waals surface area contributed by atoms with Crippen LogP contribution >= 0.6 is 0 Å². The zero-order chi connectivity index (χ0) is 19.9. The van der Waals surface area contributed by atoms with E-state index in [0.29, 0.717) is 16.9 Å². The summed E-state index contributed by atoms with van der Waals surface area (Å²) in [7, 11) is 0. The Morgan fingerprint density at radius 2 is 1.54 bits per heavy atom. The fourth-order valence-electron chi connectivity index (χ4n) is 2.78. The van der Waals surface area contributed by atoms with Gasteiger partial charge in [0.25, 0.3) is 5.91 Å². The van der Waals surface area contributed by atoms with Gasteiger partial charge in [0.1, 0.15) is 0 Å². The van der Waals surface area contributed by atoms with E-state index < -0.39 is 0 Å². The number of hydrogen-bond acceptors (Lipinski definition) is 2. The molecule has 0 spiro atoms. The van der Waals surface area contributed by atoms with E-state index in [2.05, 4.69) is 22.9 Å². The number of carbonyl (C=O) groups is 2. The van der Waals surface area contributed by atoms with Crippen molar-refractivity contribution < 1.29 is 9.59 Å². The van der Waals surface area contributed by atoms with Crippen molar-refractivity contribution in [3.05, 3.63) is 89.5 Å². The predicted octanol–water partition coefficient (Wildman–Crippen LogP) is 5.45. The van der Waals surface area contributed by atoms with Gasteiger partial charge in [-0.3, -0.25) is 4.79 Å². The van der Waals surface area contributed by atoms with Crippen molar-refractivity contribution in [3.63, 3.8) is 0 Å². The van der Waals surface area contributed by atoms with Crippen LogP contribution in [0.15, 0.2) is 72.8 Å². The van der Waals surface area contributed by atoms with Crippen LogP contribution in [0.25, 0.3) is 0 Å². The molecule has 0 saturated carbocycles. The van der Waals surface area contributed by atoms with Crippen molar-refractivity contribution in [1.29, 1.82) is 0 Å². The van der Waals surface area contributed by atoms with Gasteiger partial charge in [0.2, 0.25) is 0 Å². The molecule has 3 rings (SSSR count). The van der Waals surface area contributed by atoms with E-state index in [1.54, 1.807) is 18.2 Å². The van der Waals surface area contributed by atoms with Crippen LogP contribution in [0.2, 0.25) is 0 Å². The van der Waals surface area contributed by atoms with E-state index in [4.69, 9.17) is 0 Å². The summed E-state index contributed by atoms with van der Waals surface area (Å²) in [6.07, 6.45) is 0.902. The largest absolute Gasteiger partial charge is 0.323 e. The van der Waals surface area contributed by atoms with Gasteiger partial charge in [-0.1, -0.05) is 43.3 Å². The minimum atomic E-state index is -0.331. The molecule has 0 fully saturated rings. The van der Waals surface area contributed by atoms with Crippen LogP contribution in [0, 0.1) is 6.92 Å². The minimum absolute atomic E-state index is 0.198. The van der Waals surface area contributed by atoms with E-state index in [-0.39, 0.29) is 11.9 Å². The highest BCUT2D eigenvalue weighted by Gasteiger charge is 2.09. The Bertz CT molecular complexity index is 984. The highest BCUT2D eigenvalue weighted by Crippen LogP contribution is 2.21. The lowest BCUT2D eigenvalue weighted by Crippen LogP contribution is -2.20. The molecular formula is C23H23N3O2. The van der Waals surface area contributed by atoms with E-state index in [0.717, 1.165) is 23.2 Å². The molecule has 3 amide bonds. The maximum atomic E-state index is 12.4. The van der Waals surface area contributed by atoms with Crippen LogP contribution in [0.3, 0.4) is 0 Å². The molecule has 0 aliphatic carbocycles. The Morgan fingerprint density at radius 1 is 0.786 bits per heavy atom. The molecule has 0 radical (unpaired) electrons. The Balaban J connectivity index is 1.69. The molecule has 3 N–H and O–H groups in total. The van der Waals surface area contributed by atoms with Crippen LogP contribution in [-0.4, -0.2) is 11.9 Å². The van der Waals surface area contributed by atoms with E-state index in [1.807, 2.05) is 61.5 Å². The van der Waals surface area contributed by atoms with Crippen molar-refractivity contribution in [2.24, 2.45) is 0 Å². The number of aryl methyl sites for hydroxylation is 2. The number of amides is 3. The first-order chi connectivity index (χ1) is 13.5. The quantitative estimate of drug-likeness (QED) is 0.556. The molecule has 0 aromatic heterocycles. The van der Waals surface area contributed by atoms with Crippen LogP contribution < -0.4 is 16.0 Å². The van der Waals surface area contributed by atoms with Gasteiger partial charge >= 0.3 is 6.03 Å². The van der Waals surface area contributed by atoms with E-state index in [1.165, 1.54) is 0 Å². The van der Waals surface area contributed by atoms with E-state index in [9.17, 15) is 9.59 Å². The Morgan fingerprint density at radius 3 is 2.29 bits per heavy atom. The van der Waals surface area contributed by atoms with Crippen molar-refractivity contribution >= 4 is 29.0 Å². The Labute approximate surface area is 164 Å². The van der Waals surface area contributed by atoms with Gasteiger partial charge in [-0.15, -0.1) is 0 Å². The number of benzene rings is 3. The van der Waals surface area contributed by atoms with Gasteiger partial charge in [0.15, 0.2) is 0 Å². The second kappa shape index (κ2) is 8.86. The predicted molar refractivity (Wildman–Crippen MR) is 114 cm³/mol. The highest BCUT2D eigenvalue weighted by atomic mass is 16.2. The van der Waals surface area contributed by atoms with Gasteiger partial charge in [0.05, 0.1) is 0 Å². The highest BCUT2D eigenvalue weighted by molar-refractivity contribution is 6.05. The van der Waals surface area contributed by atoms with Gasteiger partial charge in [-0.25, -0.2) is 4.79 Å². The lowest BCUT2D eigenvalue weighted by atomic mass is 10.1. The summed E-state index contributed by atoms with van der Waals surface area (Å²) < 4.78 is 0. The Kier molecular flexibility index (Phi) is 6.07. The monoisotopic (exact) mass is 373 g/mol. The summed E-state index contributed by atoms with van der Waals surface area (Å²) in [5, 5.41) is 8.54. The molecular weight excluding hydrogens is 350 g/mol. The molecule has 0 aliphatic rings. The smallest absolute Gasteiger partial charge is 0.322 e. The number of urea groups is 1. The van der Waals surface area contributed by atoms with Gasteiger partial charge in [0, 0.05) is 22.6 Å². The summed E-state index contributed by atoms with van der Waals surface area (Å²) in [5.74, 6) is -0.198. The molecule has 0 bridgehead atoms. The third-order valence-electron chi connectivity index (χ3n) is 4.37. The zero-order valence-electron chi connectivity index (χ0n) is 16.0. The number of rotatable bonds is 5. The number of nitrogens with one attached hydrogen (secondary N) is 3. The fraction of sp³-hybridized carbons (Fsp3) is 0.130. The molecule has 0 aliphatic heterocycles. The number of carbonyl (C=O) groups excluding carboxylic acids is 2. The summed E-state index contributed by atoms with van der Waals surface area (Å²) in [6, 6.07) is 21.8. The standard InChI is InChI=1S/C23H23N3O2/c1-3-17-8-7-11-19(14-17)25-23(28)26-21-15-20(13-12-16(21)2)24-22(27)18-9-5-4-6-10-18/h4-15H,3H2,1-2H3,(H,24,27)(H2,25,26,28). The third kappa shape index (κ3) is 4.98.